The van der Waals surface area contributed by atoms with Crippen LogP contribution in [-0.2, 0) is 4.79 Å². The average molecular weight is 215 g/mol. The van der Waals surface area contributed by atoms with E-state index in [4.69, 9.17) is 0 Å². The van der Waals surface area contributed by atoms with E-state index in [-0.39, 0.29) is 11.8 Å². The zero-order valence-corrected chi connectivity index (χ0v) is 8.93. The van der Waals surface area contributed by atoms with Crippen LogP contribution in [0.15, 0.2) is 30.3 Å². The number of carbonyl (C=O) groups is 2. The van der Waals surface area contributed by atoms with Gasteiger partial charge in [0.05, 0.1) is 0 Å². The highest BCUT2D eigenvalue weighted by atomic mass is 16.2. The molecule has 2 fully saturated rings. The second kappa shape index (κ2) is 3.44. The van der Waals surface area contributed by atoms with Crippen molar-refractivity contribution >= 4 is 11.8 Å². The van der Waals surface area contributed by atoms with Crippen molar-refractivity contribution in [2.45, 2.75) is 12.8 Å². The van der Waals surface area contributed by atoms with Crippen LogP contribution in [0.1, 0.15) is 23.2 Å². The number of rotatable bonds is 1. The summed E-state index contributed by atoms with van der Waals surface area (Å²) in [5.74, 6) is 0.987. The summed E-state index contributed by atoms with van der Waals surface area (Å²) >= 11 is 0. The lowest BCUT2D eigenvalue weighted by atomic mass is 10.1. The molecule has 2 atom stereocenters. The van der Waals surface area contributed by atoms with E-state index in [0.29, 0.717) is 30.4 Å². The molecule has 82 valence electrons. The van der Waals surface area contributed by atoms with Gasteiger partial charge >= 0.3 is 0 Å². The van der Waals surface area contributed by atoms with Crippen LogP contribution in [0.3, 0.4) is 0 Å². The van der Waals surface area contributed by atoms with Crippen LogP contribution in [0.2, 0.25) is 0 Å². The number of piperidine rings is 1. The highest BCUT2D eigenvalue weighted by Crippen LogP contribution is 2.45. The Morgan fingerprint density at radius 2 is 1.94 bits per heavy atom. The molecule has 0 N–H and O–H groups in total. The minimum atomic E-state index is -0.143. The fourth-order valence-corrected chi connectivity index (χ4v) is 2.39. The average Bonchev–Trinajstić information content (AvgIpc) is 3.06. The maximum atomic E-state index is 12.1. The first-order valence-electron chi connectivity index (χ1n) is 5.65. The van der Waals surface area contributed by atoms with Crippen LogP contribution in [-0.4, -0.2) is 23.3 Å². The number of imide groups is 1. The molecule has 0 aromatic heterocycles. The Labute approximate surface area is 94.1 Å². The molecule has 16 heavy (non-hydrogen) atoms. The lowest BCUT2D eigenvalue weighted by molar-refractivity contribution is -0.130. The van der Waals surface area contributed by atoms with Crippen molar-refractivity contribution in [1.29, 1.82) is 0 Å². The molecule has 1 heterocycles. The van der Waals surface area contributed by atoms with Crippen molar-refractivity contribution in [3.05, 3.63) is 35.9 Å². The Hall–Kier alpha value is -1.64. The van der Waals surface area contributed by atoms with Crippen molar-refractivity contribution in [3.8, 4) is 0 Å². The lowest BCUT2D eigenvalue weighted by Gasteiger charge is -2.24. The summed E-state index contributed by atoms with van der Waals surface area (Å²) in [6.07, 6.45) is 1.67. The van der Waals surface area contributed by atoms with Gasteiger partial charge in [0.1, 0.15) is 0 Å². The van der Waals surface area contributed by atoms with Gasteiger partial charge in [-0.25, -0.2) is 0 Å². The fourth-order valence-electron chi connectivity index (χ4n) is 2.39. The summed E-state index contributed by atoms with van der Waals surface area (Å²) in [4.78, 5) is 25.3. The van der Waals surface area contributed by atoms with Crippen LogP contribution in [0, 0.1) is 11.8 Å². The molecule has 0 spiro atoms. The number of carbonyl (C=O) groups excluding carboxylic acids is 2. The van der Waals surface area contributed by atoms with Crippen molar-refractivity contribution in [3.63, 3.8) is 0 Å². The van der Waals surface area contributed by atoms with Gasteiger partial charge in [0, 0.05) is 18.5 Å². The minimum absolute atomic E-state index is 0.00685. The summed E-state index contributed by atoms with van der Waals surface area (Å²) in [7, 11) is 0. The van der Waals surface area contributed by atoms with Gasteiger partial charge in [0.15, 0.2) is 0 Å². The third-order valence-corrected chi connectivity index (χ3v) is 3.49. The molecular weight excluding hydrogens is 202 g/mol. The molecule has 0 bridgehead atoms. The Morgan fingerprint density at radius 1 is 1.19 bits per heavy atom. The monoisotopic (exact) mass is 215 g/mol. The quantitative estimate of drug-likeness (QED) is 0.668. The Kier molecular flexibility index (Phi) is 2.06. The van der Waals surface area contributed by atoms with Gasteiger partial charge in [-0.3, -0.25) is 14.5 Å². The summed E-state index contributed by atoms with van der Waals surface area (Å²) in [5, 5.41) is 0. The predicted molar refractivity (Wildman–Crippen MR) is 58.7 cm³/mol. The van der Waals surface area contributed by atoms with E-state index in [9.17, 15) is 9.59 Å². The zero-order valence-electron chi connectivity index (χ0n) is 8.93. The lowest BCUT2D eigenvalue weighted by Crippen LogP contribution is -2.41. The molecule has 2 aliphatic rings. The van der Waals surface area contributed by atoms with Crippen LogP contribution in [0.5, 0.6) is 0 Å². The van der Waals surface area contributed by atoms with Crippen molar-refractivity contribution in [1.82, 2.24) is 4.90 Å². The van der Waals surface area contributed by atoms with Crippen LogP contribution in [0.4, 0.5) is 0 Å². The minimum Gasteiger partial charge on any atom is -0.278 e. The van der Waals surface area contributed by atoms with E-state index < -0.39 is 0 Å². The molecule has 1 saturated heterocycles. The van der Waals surface area contributed by atoms with E-state index in [1.54, 1.807) is 12.1 Å². The number of amides is 2. The van der Waals surface area contributed by atoms with Crippen LogP contribution >= 0.6 is 0 Å². The Balaban J connectivity index is 1.82. The van der Waals surface area contributed by atoms with E-state index in [1.165, 1.54) is 4.90 Å². The molecular formula is C13H13NO2. The van der Waals surface area contributed by atoms with Crippen LogP contribution in [0.25, 0.3) is 0 Å². The van der Waals surface area contributed by atoms with Crippen molar-refractivity contribution < 1.29 is 9.59 Å². The SMILES string of the molecule is O=C1CC2CC2CN1C(=O)c1ccccc1. The molecule has 2 amide bonds. The predicted octanol–water partition coefficient (Wildman–Crippen LogP) is 1.70. The number of fused-ring (bicyclic) bond motifs is 1. The topological polar surface area (TPSA) is 37.4 Å². The molecule has 3 rings (SSSR count). The zero-order chi connectivity index (χ0) is 11.1. The number of likely N-dealkylation sites (tertiary alicyclic amines) is 1. The molecule has 1 aromatic rings. The highest BCUT2D eigenvalue weighted by molar-refractivity contribution is 6.05. The number of hydrogen-bond acceptors (Lipinski definition) is 2. The number of nitrogens with zero attached hydrogens (tertiary/aromatic N) is 1. The van der Waals surface area contributed by atoms with E-state index in [0.717, 1.165) is 6.42 Å². The molecule has 3 heteroatoms. The van der Waals surface area contributed by atoms with Gasteiger partial charge in [-0.2, -0.15) is 0 Å². The van der Waals surface area contributed by atoms with E-state index in [2.05, 4.69) is 0 Å². The Morgan fingerprint density at radius 3 is 2.69 bits per heavy atom. The van der Waals surface area contributed by atoms with Gasteiger partial charge in [-0.15, -0.1) is 0 Å². The molecule has 1 saturated carbocycles. The maximum Gasteiger partial charge on any atom is 0.260 e. The standard InChI is InChI=1S/C13H13NO2/c15-12-7-10-6-11(10)8-14(12)13(16)9-4-2-1-3-5-9/h1-5,10-11H,6-8H2. The van der Waals surface area contributed by atoms with E-state index in [1.807, 2.05) is 18.2 Å². The first-order chi connectivity index (χ1) is 7.75. The third kappa shape index (κ3) is 1.52. The largest absolute Gasteiger partial charge is 0.278 e. The fraction of sp³-hybridized carbons (Fsp3) is 0.385. The molecule has 1 aliphatic heterocycles. The molecule has 1 aliphatic carbocycles. The van der Waals surface area contributed by atoms with E-state index >= 15 is 0 Å². The second-order valence-electron chi connectivity index (χ2n) is 4.64. The van der Waals surface area contributed by atoms with Gasteiger partial charge in [0.25, 0.3) is 5.91 Å². The van der Waals surface area contributed by atoms with Crippen molar-refractivity contribution in [2.24, 2.45) is 11.8 Å². The Bertz CT molecular complexity index is 441. The first kappa shape index (κ1) is 9.58. The second-order valence-corrected chi connectivity index (χ2v) is 4.64. The molecule has 1 aromatic carbocycles. The normalized spacial score (nSPS) is 27.5. The van der Waals surface area contributed by atoms with Gasteiger partial charge in [-0.1, -0.05) is 18.2 Å². The summed E-state index contributed by atoms with van der Waals surface area (Å²) in [5.41, 5.74) is 0.606. The van der Waals surface area contributed by atoms with Gasteiger partial charge in [-0.05, 0) is 30.4 Å². The molecule has 2 unspecified atom stereocenters. The van der Waals surface area contributed by atoms with Crippen molar-refractivity contribution in [2.75, 3.05) is 6.54 Å². The molecule has 3 nitrogen and oxygen atoms in total. The summed E-state index contributed by atoms with van der Waals surface area (Å²) in [6, 6.07) is 9.03. The third-order valence-electron chi connectivity index (χ3n) is 3.49. The highest BCUT2D eigenvalue weighted by Gasteiger charge is 2.46. The van der Waals surface area contributed by atoms with Gasteiger partial charge < -0.3 is 0 Å². The maximum absolute atomic E-state index is 12.1. The van der Waals surface area contributed by atoms with Gasteiger partial charge in [0.2, 0.25) is 5.91 Å². The number of hydrogen-bond donors (Lipinski definition) is 0. The first-order valence-corrected chi connectivity index (χ1v) is 5.65. The van der Waals surface area contributed by atoms with Crippen LogP contribution < -0.4 is 0 Å². The smallest absolute Gasteiger partial charge is 0.260 e. The number of benzene rings is 1. The molecule has 0 radical (unpaired) electrons. The summed E-state index contributed by atoms with van der Waals surface area (Å²) < 4.78 is 0. The summed E-state index contributed by atoms with van der Waals surface area (Å²) in [6.45, 7) is 0.622.